The van der Waals surface area contributed by atoms with E-state index in [4.69, 9.17) is 5.11 Å². The summed E-state index contributed by atoms with van der Waals surface area (Å²) in [5.41, 5.74) is -0.150. The van der Waals surface area contributed by atoms with E-state index in [1.165, 1.54) is 31.9 Å². The van der Waals surface area contributed by atoms with Gasteiger partial charge in [0.15, 0.2) is 0 Å². The van der Waals surface area contributed by atoms with Crippen LogP contribution in [0.4, 0.5) is 15.8 Å². The normalized spacial score (nSPS) is 12.0. The van der Waals surface area contributed by atoms with E-state index in [1.54, 1.807) is 0 Å². The number of nitro benzene ring substituents is 1. The number of carboxylic acid groups (broad SMARTS) is 1. The van der Waals surface area contributed by atoms with Crippen LogP contribution in [-0.2, 0) is 4.79 Å². The molecule has 1 unspecified atom stereocenters. The summed E-state index contributed by atoms with van der Waals surface area (Å²) >= 11 is 0. The van der Waals surface area contributed by atoms with Crippen molar-refractivity contribution in [2.75, 3.05) is 11.9 Å². The van der Waals surface area contributed by atoms with Gasteiger partial charge in [-0.05, 0) is 25.5 Å². The number of aliphatic carboxylic acids is 1. The number of carbonyl (C=O) groups is 1. The molecule has 0 saturated heterocycles. The summed E-state index contributed by atoms with van der Waals surface area (Å²) in [6.45, 7) is 2.85. The minimum absolute atomic E-state index is 0.0776. The second kappa shape index (κ2) is 4.99. The number of aryl methyl sites for hydroxylation is 1. The van der Waals surface area contributed by atoms with Crippen molar-refractivity contribution in [1.29, 1.82) is 0 Å². The third-order valence-electron chi connectivity index (χ3n) is 2.77. The highest BCUT2D eigenvalue weighted by Gasteiger charge is 2.25. The molecule has 0 aliphatic rings. The molecular formula is C11H13FN2O4. The van der Waals surface area contributed by atoms with Crippen LogP contribution in [-0.4, -0.2) is 29.1 Å². The van der Waals surface area contributed by atoms with Crippen LogP contribution in [0.3, 0.4) is 0 Å². The molecule has 0 radical (unpaired) electrons. The highest BCUT2D eigenvalue weighted by Crippen LogP contribution is 2.31. The number of hydrogen-bond donors (Lipinski definition) is 1. The first-order valence-corrected chi connectivity index (χ1v) is 5.16. The van der Waals surface area contributed by atoms with Gasteiger partial charge in [0.1, 0.15) is 17.5 Å². The standard InChI is InChI=1S/C11H13FN2O4/c1-6-4-9(13(3)7(2)11(15)16)10(14(17)18)5-8(6)12/h4-5,7H,1-3H3,(H,15,16). The second-order valence-electron chi connectivity index (χ2n) is 3.97. The zero-order valence-corrected chi connectivity index (χ0v) is 10.2. The lowest BCUT2D eigenvalue weighted by atomic mass is 10.1. The van der Waals surface area contributed by atoms with Gasteiger partial charge < -0.3 is 10.0 Å². The number of rotatable bonds is 4. The van der Waals surface area contributed by atoms with Crippen LogP contribution in [0.25, 0.3) is 0 Å². The Kier molecular flexibility index (Phi) is 3.85. The lowest BCUT2D eigenvalue weighted by Gasteiger charge is -2.23. The second-order valence-corrected chi connectivity index (χ2v) is 3.97. The van der Waals surface area contributed by atoms with Gasteiger partial charge in [-0.15, -0.1) is 0 Å². The molecule has 6 nitrogen and oxygen atoms in total. The van der Waals surface area contributed by atoms with Gasteiger partial charge in [-0.1, -0.05) is 0 Å². The van der Waals surface area contributed by atoms with Crippen molar-refractivity contribution in [3.63, 3.8) is 0 Å². The Morgan fingerprint density at radius 1 is 1.56 bits per heavy atom. The van der Waals surface area contributed by atoms with Crippen LogP contribution < -0.4 is 4.90 Å². The summed E-state index contributed by atoms with van der Waals surface area (Å²) < 4.78 is 13.3. The topological polar surface area (TPSA) is 83.7 Å². The molecule has 0 aliphatic heterocycles. The van der Waals surface area contributed by atoms with Gasteiger partial charge >= 0.3 is 5.97 Å². The fraction of sp³-hybridized carbons (Fsp3) is 0.364. The van der Waals surface area contributed by atoms with Gasteiger partial charge in [0.05, 0.1) is 11.0 Å². The maximum absolute atomic E-state index is 13.3. The quantitative estimate of drug-likeness (QED) is 0.657. The zero-order chi connectivity index (χ0) is 14.0. The first-order chi connectivity index (χ1) is 8.25. The molecule has 0 aliphatic carbocycles. The number of nitrogens with zero attached hydrogens (tertiary/aromatic N) is 2. The molecule has 0 heterocycles. The number of carboxylic acids is 1. The lowest BCUT2D eigenvalue weighted by molar-refractivity contribution is -0.384. The predicted octanol–water partition coefficient (Wildman–Crippen LogP) is 1.95. The van der Waals surface area contributed by atoms with Crippen molar-refractivity contribution in [2.24, 2.45) is 0 Å². The first-order valence-electron chi connectivity index (χ1n) is 5.16. The molecule has 0 saturated carbocycles. The molecule has 18 heavy (non-hydrogen) atoms. The number of likely N-dealkylation sites (N-methyl/N-ethyl adjacent to an activating group) is 1. The minimum atomic E-state index is -1.12. The summed E-state index contributed by atoms with van der Waals surface area (Å²) in [6, 6.07) is 1.12. The van der Waals surface area contributed by atoms with Crippen LogP contribution in [0.2, 0.25) is 0 Å². The zero-order valence-electron chi connectivity index (χ0n) is 10.2. The Morgan fingerprint density at radius 2 is 2.11 bits per heavy atom. The van der Waals surface area contributed by atoms with E-state index in [2.05, 4.69) is 0 Å². The highest BCUT2D eigenvalue weighted by atomic mass is 19.1. The summed E-state index contributed by atoms with van der Waals surface area (Å²) in [5.74, 6) is -1.81. The average molecular weight is 256 g/mol. The van der Waals surface area contributed by atoms with E-state index < -0.39 is 28.4 Å². The van der Waals surface area contributed by atoms with Crippen molar-refractivity contribution < 1.29 is 19.2 Å². The van der Waals surface area contributed by atoms with Gasteiger partial charge in [0, 0.05) is 7.05 Å². The number of nitro groups is 1. The van der Waals surface area contributed by atoms with Crippen LogP contribution in [0.1, 0.15) is 12.5 Å². The fourth-order valence-electron chi connectivity index (χ4n) is 1.46. The van der Waals surface area contributed by atoms with Gasteiger partial charge in [-0.2, -0.15) is 0 Å². The van der Waals surface area contributed by atoms with Crippen molar-refractivity contribution >= 4 is 17.3 Å². The van der Waals surface area contributed by atoms with Gasteiger partial charge in [-0.25, -0.2) is 9.18 Å². The van der Waals surface area contributed by atoms with Crippen molar-refractivity contribution in [3.05, 3.63) is 33.6 Å². The number of benzene rings is 1. The highest BCUT2D eigenvalue weighted by molar-refractivity contribution is 5.79. The van der Waals surface area contributed by atoms with Crippen LogP contribution in [0.15, 0.2) is 12.1 Å². The molecule has 1 aromatic carbocycles. The molecule has 0 bridgehead atoms. The number of halogens is 1. The number of hydrogen-bond acceptors (Lipinski definition) is 4. The molecule has 0 amide bonds. The maximum Gasteiger partial charge on any atom is 0.326 e. The van der Waals surface area contributed by atoms with Gasteiger partial charge in [0.2, 0.25) is 0 Å². The summed E-state index contributed by atoms with van der Waals surface area (Å²) in [5, 5.41) is 19.7. The lowest BCUT2D eigenvalue weighted by Crippen LogP contribution is -2.36. The maximum atomic E-state index is 13.3. The summed E-state index contributed by atoms with van der Waals surface area (Å²) in [6.07, 6.45) is 0. The Bertz CT molecular complexity index is 504. The Labute approximate surface area is 103 Å². The number of anilines is 1. The van der Waals surface area contributed by atoms with Crippen LogP contribution >= 0.6 is 0 Å². The van der Waals surface area contributed by atoms with E-state index in [0.717, 1.165) is 6.07 Å². The molecule has 1 N–H and O–H groups in total. The third kappa shape index (κ3) is 2.55. The van der Waals surface area contributed by atoms with Crippen LogP contribution in [0.5, 0.6) is 0 Å². The first kappa shape index (κ1) is 13.9. The molecule has 1 rings (SSSR count). The molecule has 0 aromatic heterocycles. The molecular weight excluding hydrogens is 243 g/mol. The average Bonchev–Trinajstić information content (AvgIpc) is 2.29. The molecule has 0 spiro atoms. The van der Waals surface area contributed by atoms with E-state index in [-0.39, 0.29) is 11.3 Å². The smallest absolute Gasteiger partial charge is 0.326 e. The largest absolute Gasteiger partial charge is 0.480 e. The van der Waals surface area contributed by atoms with Crippen LogP contribution in [0, 0.1) is 22.9 Å². The fourth-order valence-corrected chi connectivity index (χ4v) is 1.46. The molecule has 1 atom stereocenters. The van der Waals surface area contributed by atoms with E-state index in [1.807, 2.05) is 0 Å². The van der Waals surface area contributed by atoms with E-state index in [9.17, 15) is 19.3 Å². The molecule has 98 valence electrons. The predicted molar refractivity (Wildman–Crippen MR) is 63.3 cm³/mol. The van der Waals surface area contributed by atoms with Gasteiger partial charge in [-0.3, -0.25) is 10.1 Å². The molecule has 0 fully saturated rings. The summed E-state index contributed by atoms with van der Waals surface area (Å²) in [4.78, 5) is 22.2. The van der Waals surface area contributed by atoms with E-state index in [0.29, 0.717) is 0 Å². The van der Waals surface area contributed by atoms with Crippen molar-refractivity contribution in [2.45, 2.75) is 19.9 Å². The Hall–Kier alpha value is -2.18. The third-order valence-corrected chi connectivity index (χ3v) is 2.77. The van der Waals surface area contributed by atoms with Gasteiger partial charge in [0.25, 0.3) is 5.69 Å². The van der Waals surface area contributed by atoms with Crippen molar-refractivity contribution in [1.82, 2.24) is 0 Å². The summed E-state index contributed by atoms with van der Waals surface area (Å²) in [7, 11) is 1.42. The monoisotopic (exact) mass is 256 g/mol. The minimum Gasteiger partial charge on any atom is -0.480 e. The molecule has 1 aromatic rings. The van der Waals surface area contributed by atoms with Crippen molar-refractivity contribution in [3.8, 4) is 0 Å². The molecule has 7 heteroatoms. The Balaban J connectivity index is 3.34. The Morgan fingerprint density at radius 3 is 2.56 bits per heavy atom. The SMILES string of the molecule is Cc1cc(N(C)C(C)C(=O)O)c([N+](=O)[O-])cc1F. The van der Waals surface area contributed by atoms with E-state index >= 15 is 0 Å².